The minimum Gasteiger partial charge on any atom is -0.480 e. The highest BCUT2D eigenvalue weighted by Gasteiger charge is 2.39. The van der Waals surface area contributed by atoms with Gasteiger partial charge in [-0.05, 0) is 32.6 Å². The van der Waals surface area contributed by atoms with Crippen LogP contribution in [0.1, 0.15) is 33.6 Å². The van der Waals surface area contributed by atoms with Crippen molar-refractivity contribution in [2.75, 3.05) is 19.7 Å². The first-order valence-corrected chi connectivity index (χ1v) is 7.31. The van der Waals surface area contributed by atoms with Gasteiger partial charge in [0.2, 0.25) is 0 Å². The number of carbonyl (C=O) groups is 2. The number of hydrogen-bond donors (Lipinski definition) is 1. The number of likely N-dealkylation sites (tertiary alicyclic amines) is 1. The lowest BCUT2D eigenvalue weighted by molar-refractivity contribution is -0.144. The molecule has 2 heterocycles. The first-order valence-electron chi connectivity index (χ1n) is 7.31. The second kappa shape index (κ2) is 5.99. The smallest absolute Gasteiger partial charge is 0.326 e. The number of amides is 2. The number of rotatable bonds is 1. The molecular weight excluding hydrogens is 260 g/mol. The van der Waals surface area contributed by atoms with Gasteiger partial charge < -0.3 is 19.6 Å². The summed E-state index contributed by atoms with van der Waals surface area (Å²) in [5.41, 5.74) is 0. The summed E-state index contributed by atoms with van der Waals surface area (Å²) in [5.74, 6) is -0.556. The van der Waals surface area contributed by atoms with Crippen LogP contribution in [0.3, 0.4) is 0 Å². The summed E-state index contributed by atoms with van der Waals surface area (Å²) in [6, 6.07) is -0.865. The van der Waals surface area contributed by atoms with Gasteiger partial charge in [0.25, 0.3) is 0 Å². The van der Waals surface area contributed by atoms with Crippen molar-refractivity contribution < 1.29 is 19.4 Å². The van der Waals surface area contributed by atoms with Gasteiger partial charge in [-0.2, -0.15) is 0 Å². The van der Waals surface area contributed by atoms with Crippen molar-refractivity contribution in [2.24, 2.45) is 5.92 Å². The van der Waals surface area contributed by atoms with Crippen molar-refractivity contribution in [3.63, 3.8) is 0 Å². The van der Waals surface area contributed by atoms with E-state index in [-0.39, 0.29) is 18.2 Å². The molecule has 2 aliphatic heterocycles. The minimum absolute atomic E-state index is 0.00198. The number of urea groups is 1. The van der Waals surface area contributed by atoms with Gasteiger partial charge in [0.1, 0.15) is 6.04 Å². The van der Waals surface area contributed by atoms with Crippen LogP contribution in [0.15, 0.2) is 0 Å². The maximum Gasteiger partial charge on any atom is 0.326 e. The van der Waals surface area contributed by atoms with Crippen LogP contribution < -0.4 is 0 Å². The Morgan fingerprint density at radius 2 is 1.90 bits per heavy atom. The van der Waals surface area contributed by atoms with Crippen LogP contribution in [0.5, 0.6) is 0 Å². The molecule has 6 nitrogen and oxygen atoms in total. The zero-order valence-electron chi connectivity index (χ0n) is 12.4. The molecule has 0 radical (unpaired) electrons. The second-order valence-corrected chi connectivity index (χ2v) is 6.10. The second-order valence-electron chi connectivity index (χ2n) is 6.10. The Kier molecular flexibility index (Phi) is 4.52. The van der Waals surface area contributed by atoms with Crippen LogP contribution in [-0.2, 0) is 9.53 Å². The van der Waals surface area contributed by atoms with Gasteiger partial charge in [0.05, 0.1) is 18.8 Å². The molecule has 2 amide bonds. The van der Waals surface area contributed by atoms with E-state index in [0.29, 0.717) is 32.0 Å². The molecule has 4 unspecified atom stereocenters. The highest BCUT2D eigenvalue weighted by atomic mass is 16.5. The summed E-state index contributed by atoms with van der Waals surface area (Å²) in [5, 5.41) is 9.35. The zero-order valence-corrected chi connectivity index (χ0v) is 12.4. The molecule has 114 valence electrons. The number of piperidine rings is 1. The van der Waals surface area contributed by atoms with Gasteiger partial charge in [-0.25, -0.2) is 9.59 Å². The average Bonchev–Trinajstić information content (AvgIpc) is 2.40. The number of morpholine rings is 1. The first kappa shape index (κ1) is 15.1. The lowest BCUT2D eigenvalue weighted by Crippen LogP contribution is -2.59. The fourth-order valence-corrected chi connectivity index (χ4v) is 2.94. The van der Waals surface area contributed by atoms with Gasteiger partial charge in [0.15, 0.2) is 0 Å². The molecular formula is C14H24N2O4. The van der Waals surface area contributed by atoms with E-state index in [1.54, 1.807) is 4.90 Å². The Hall–Kier alpha value is -1.30. The van der Waals surface area contributed by atoms with Gasteiger partial charge in [0, 0.05) is 13.1 Å². The molecule has 4 atom stereocenters. The fraction of sp³-hybridized carbons (Fsp3) is 0.857. The molecule has 2 fully saturated rings. The minimum atomic E-state index is -0.904. The molecule has 0 bridgehead atoms. The summed E-state index contributed by atoms with van der Waals surface area (Å²) in [6.07, 6.45) is 1.40. The summed E-state index contributed by atoms with van der Waals surface area (Å²) in [7, 11) is 0. The summed E-state index contributed by atoms with van der Waals surface area (Å²) < 4.78 is 5.52. The Labute approximate surface area is 119 Å². The monoisotopic (exact) mass is 284 g/mol. The molecule has 0 saturated carbocycles. The molecule has 0 aliphatic carbocycles. The van der Waals surface area contributed by atoms with Crippen molar-refractivity contribution in [2.45, 2.75) is 51.8 Å². The average molecular weight is 284 g/mol. The Balaban J connectivity index is 2.11. The predicted octanol–water partition coefficient (Wildman–Crippen LogP) is 1.40. The third kappa shape index (κ3) is 3.06. The quantitative estimate of drug-likeness (QED) is 0.790. The van der Waals surface area contributed by atoms with E-state index in [1.807, 2.05) is 20.8 Å². The molecule has 2 aliphatic rings. The Morgan fingerprint density at radius 1 is 1.20 bits per heavy atom. The van der Waals surface area contributed by atoms with Crippen LogP contribution in [0.4, 0.5) is 4.79 Å². The third-order valence-electron chi connectivity index (χ3n) is 4.25. The van der Waals surface area contributed by atoms with E-state index in [9.17, 15) is 14.7 Å². The number of carboxylic acid groups (broad SMARTS) is 1. The highest BCUT2D eigenvalue weighted by molar-refractivity contribution is 5.83. The molecule has 20 heavy (non-hydrogen) atoms. The third-order valence-corrected chi connectivity index (χ3v) is 4.25. The summed E-state index contributed by atoms with van der Waals surface area (Å²) in [6.45, 7) is 7.46. The normalized spacial score (nSPS) is 35.0. The standard InChI is InChI=1S/C14H24N2O4/c1-9-4-5-15(12(6-9)13(17)18)14(19)16-7-11(3)20-8-10(16)2/h9-12H,4-8H2,1-3H3,(H,17,18). The van der Waals surface area contributed by atoms with Crippen LogP contribution in [0, 0.1) is 5.92 Å². The number of nitrogens with zero attached hydrogens (tertiary/aromatic N) is 2. The molecule has 2 rings (SSSR count). The topological polar surface area (TPSA) is 70.1 Å². The van der Waals surface area contributed by atoms with Gasteiger partial charge in [-0.15, -0.1) is 0 Å². The number of carbonyl (C=O) groups excluding carboxylic acids is 1. The van der Waals surface area contributed by atoms with E-state index in [0.717, 1.165) is 6.42 Å². The molecule has 0 aromatic heterocycles. The SMILES string of the molecule is CC1CCN(C(=O)N2CC(C)OCC2C)C(C(=O)O)C1. The van der Waals surface area contributed by atoms with E-state index in [1.165, 1.54) is 4.90 Å². The Morgan fingerprint density at radius 3 is 2.55 bits per heavy atom. The van der Waals surface area contributed by atoms with Crippen LogP contribution in [0.25, 0.3) is 0 Å². The number of hydrogen-bond acceptors (Lipinski definition) is 3. The number of ether oxygens (including phenoxy) is 1. The summed E-state index contributed by atoms with van der Waals surface area (Å²) in [4.78, 5) is 27.3. The highest BCUT2D eigenvalue weighted by Crippen LogP contribution is 2.25. The van der Waals surface area contributed by atoms with E-state index in [4.69, 9.17) is 4.74 Å². The van der Waals surface area contributed by atoms with Gasteiger partial charge in [-0.1, -0.05) is 6.92 Å². The summed E-state index contributed by atoms with van der Waals surface area (Å²) >= 11 is 0. The lowest BCUT2D eigenvalue weighted by Gasteiger charge is -2.43. The van der Waals surface area contributed by atoms with Crippen molar-refractivity contribution in [3.8, 4) is 0 Å². The molecule has 6 heteroatoms. The Bertz CT molecular complexity index is 387. The van der Waals surface area contributed by atoms with Gasteiger partial charge >= 0.3 is 12.0 Å². The fourth-order valence-electron chi connectivity index (χ4n) is 2.94. The molecule has 0 aromatic carbocycles. The molecule has 1 N–H and O–H groups in total. The van der Waals surface area contributed by atoms with E-state index >= 15 is 0 Å². The molecule has 2 saturated heterocycles. The number of aliphatic carboxylic acids is 1. The molecule has 0 aromatic rings. The maximum absolute atomic E-state index is 12.7. The van der Waals surface area contributed by atoms with Crippen LogP contribution in [-0.4, -0.2) is 64.8 Å². The number of carboxylic acids is 1. The van der Waals surface area contributed by atoms with Crippen molar-refractivity contribution in [1.82, 2.24) is 9.80 Å². The molecule has 0 spiro atoms. The van der Waals surface area contributed by atoms with E-state index < -0.39 is 12.0 Å². The van der Waals surface area contributed by atoms with Crippen molar-refractivity contribution >= 4 is 12.0 Å². The first-order chi connectivity index (χ1) is 9.40. The largest absolute Gasteiger partial charge is 0.480 e. The van der Waals surface area contributed by atoms with Crippen LogP contribution in [0.2, 0.25) is 0 Å². The zero-order chi connectivity index (χ0) is 14.9. The van der Waals surface area contributed by atoms with Crippen molar-refractivity contribution in [1.29, 1.82) is 0 Å². The van der Waals surface area contributed by atoms with Crippen LogP contribution >= 0.6 is 0 Å². The van der Waals surface area contributed by atoms with Crippen molar-refractivity contribution in [3.05, 3.63) is 0 Å². The van der Waals surface area contributed by atoms with Gasteiger partial charge in [-0.3, -0.25) is 0 Å². The van der Waals surface area contributed by atoms with E-state index in [2.05, 4.69) is 0 Å². The maximum atomic E-state index is 12.7. The lowest BCUT2D eigenvalue weighted by atomic mass is 9.92. The predicted molar refractivity (Wildman–Crippen MR) is 73.5 cm³/mol.